The lowest BCUT2D eigenvalue weighted by Gasteiger charge is -2.17. The predicted molar refractivity (Wildman–Crippen MR) is 126 cm³/mol. The Morgan fingerprint density at radius 3 is 2.21 bits per heavy atom. The van der Waals surface area contributed by atoms with Crippen LogP contribution >= 0.6 is 0 Å². The number of nitrogens with zero attached hydrogens (tertiary/aromatic N) is 1. The molecular weight excluding hydrogens is 438 g/mol. The zero-order valence-electron chi connectivity index (χ0n) is 18.9. The molecule has 0 radical (unpaired) electrons. The molecule has 1 aromatic heterocycles. The van der Waals surface area contributed by atoms with Gasteiger partial charge in [0.15, 0.2) is 12.3 Å². The quantitative estimate of drug-likeness (QED) is 0.384. The zero-order valence-corrected chi connectivity index (χ0v) is 18.9. The fraction of sp³-hybridized carbons (Fsp3) is 0.160. The van der Waals surface area contributed by atoms with Gasteiger partial charge in [-0.25, -0.2) is 4.79 Å². The number of ether oxygens (including phenoxy) is 4. The molecule has 174 valence electrons. The van der Waals surface area contributed by atoms with Crippen LogP contribution in [0.3, 0.4) is 0 Å². The minimum absolute atomic E-state index is 0.103. The molecule has 0 aliphatic rings. The topological polar surface area (TPSA) is 126 Å². The van der Waals surface area contributed by atoms with Crippen molar-refractivity contribution in [3.63, 3.8) is 0 Å². The number of carbonyl (C=O) groups is 2. The fourth-order valence-corrected chi connectivity index (χ4v) is 3.88. The normalized spacial score (nSPS) is 10.7. The molecule has 1 amide bonds. The maximum atomic E-state index is 12.8. The third-order valence-corrected chi connectivity index (χ3v) is 5.33. The summed E-state index contributed by atoms with van der Waals surface area (Å²) >= 11 is 0. The Bertz CT molecular complexity index is 1360. The van der Waals surface area contributed by atoms with Crippen LogP contribution in [0.5, 0.6) is 17.2 Å². The number of nitrogens with one attached hydrogen (secondary N) is 1. The van der Waals surface area contributed by atoms with Gasteiger partial charge < -0.3 is 24.7 Å². The number of methoxy groups -OCH3 is 3. The van der Waals surface area contributed by atoms with Crippen molar-refractivity contribution in [1.82, 2.24) is 10.2 Å². The monoisotopic (exact) mass is 461 g/mol. The molecule has 0 fully saturated rings. The molecular formula is C25H23N3O6. The van der Waals surface area contributed by atoms with Crippen LogP contribution < -0.4 is 19.9 Å². The first-order chi connectivity index (χ1) is 16.5. The predicted octanol–water partition coefficient (Wildman–Crippen LogP) is 3.56. The number of hydrogen-bond donors (Lipinski definition) is 2. The van der Waals surface area contributed by atoms with E-state index in [0.717, 1.165) is 10.8 Å². The number of rotatable bonds is 8. The Labute approximate surface area is 195 Å². The fourth-order valence-electron chi connectivity index (χ4n) is 3.88. The van der Waals surface area contributed by atoms with E-state index in [9.17, 15) is 9.59 Å². The van der Waals surface area contributed by atoms with E-state index in [1.807, 2.05) is 30.3 Å². The van der Waals surface area contributed by atoms with Gasteiger partial charge in [0, 0.05) is 11.1 Å². The Kier molecular flexibility index (Phi) is 6.35. The number of carbonyl (C=O) groups excluding carboxylic acids is 2. The highest BCUT2D eigenvalue weighted by Gasteiger charge is 2.29. The molecule has 9 nitrogen and oxygen atoms in total. The third-order valence-electron chi connectivity index (χ3n) is 5.33. The minimum atomic E-state index is -0.633. The molecule has 0 unspecified atom stereocenters. The molecule has 0 aliphatic carbocycles. The highest BCUT2D eigenvalue weighted by Crippen LogP contribution is 2.47. The summed E-state index contributed by atoms with van der Waals surface area (Å²) in [7, 11) is 4.35. The number of aromatic nitrogens is 2. The molecule has 0 saturated heterocycles. The second-order valence-corrected chi connectivity index (χ2v) is 7.27. The second-order valence-electron chi connectivity index (χ2n) is 7.27. The molecule has 0 aliphatic heterocycles. The number of hydrogen-bond acceptors (Lipinski definition) is 7. The summed E-state index contributed by atoms with van der Waals surface area (Å²) < 4.78 is 22.0. The van der Waals surface area contributed by atoms with Gasteiger partial charge in [-0.3, -0.25) is 9.89 Å². The van der Waals surface area contributed by atoms with E-state index in [2.05, 4.69) is 10.2 Å². The highest BCUT2D eigenvalue weighted by molar-refractivity contribution is 6.09. The van der Waals surface area contributed by atoms with Gasteiger partial charge in [0.2, 0.25) is 0 Å². The molecule has 3 N–H and O–H groups in total. The van der Waals surface area contributed by atoms with Crippen LogP contribution in [0.4, 0.5) is 0 Å². The van der Waals surface area contributed by atoms with Gasteiger partial charge in [-0.1, -0.05) is 36.4 Å². The van der Waals surface area contributed by atoms with Crippen molar-refractivity contribution in [2.24, 2.45) is 5.73 Å². The third kappa shape index (κ3) is 3.99. The molecule has 0 spiro atoms. The van der Waals surface area contributed by atoms with Crippen LogP contribution in [0.1, 0.15) is 10.5 Å². The number of H-pyrrole nitrogens is 1. The van der Waals surface area contributed by atoms with Crippen molar-refractivity contribution in [3.8, 4) is 39.6 Å². The Morgan fingerprint density at radius 1 is 0.853 bits per heavy atom. The van der Waals surface area contributed by atoms with Crippen LogP contribution in [0.2, 0.25) is 0 Å². The largest absolute Gasteiger partial charge is 0.496 e. The van der Waals surface area contributed by atoms with Gasteiger partial charge in [-0.15, -0.1) is 0 Å². The van der Waals surface area contributed by atoms with Gasteiger partial charge in [0.25, 0.3) is 5.91 Å². The van der Waals surface area contributed by atoms with E-state index in [0.29, 0.717) is 39.6 Å². The smallest absolute Gasteiger partial charge is 0.356 e. The molecule has 4 aromatic rings. The van der Waals surface area contributed by atoms with E-state index >= 15 is 0 Å². The van der Waals surface area contributed by atoms with Crippen molar-refractivity contribution < 1.29 is 28.5 Å². The summed E-state index contributed by atoms with van der Waals surface area (Å²) in [5, 5.41) is 8.92. The number of nitrogens with two attached hydrogens (primary N) is 1. The van der Waals surface area contributed by atoms with Gasteiger partial charge >= 0.3 is 5.97 Å². The maximum absolute atomic E-state index is 12.8. The highest BCUT2D eigenvalue weighted by atomic mass is 16.5. The SMILES string of the molecule is COC(=O)c1[nH]nc(-c2c(OC)cccc2OC)c1-c1c(OCC(N)=O)ccc2ccccc12. The van der Waals surface area contributed by atoms with E-state index in [1.54, 1.807) is 24.3 Å². The van der Waals surface area contributed by atoms with Crippen molar-refractivity contribution >= 4 is 22.6 Å². The summed E-state index contributed by atoms with van der Waals surface area (Å²) in [5.41, 5.74) is 7.29. The van der Waals surface area contributed by atoms with Crippen molar-refractivity contribution in [1.29, 1.82) is 0 Å². The number of esters is 1. The number of benzene rings is 3. The Balaban J connectivity index is 2.12. The van der Waals surface area contributed by atoms with Crippen LogP contribution in [0.25, 0.3) is 33.2 Å². The van der Waals surface area contributed by atoms with E-state index in [4.69, 9.17) is 24.7 Å². The first kappa shape index (κ1) is 22.7. The molecule has 0 bridgehead atoms. The standard InChI is InChI=1S/C25H23N3O6/c1-31-16-9-6-10-17(32-2)21(16)23-22(24(28-27-23)25(30)33-3)20-15-8-5-4-7-14(15)11-12-18(20)34-13-19(26)29/h4-12H,13H2,1-3H3,(H2,26,29)(H,27,28). The Hall–Kier alpha value is -4.53. The molecule has 1 heterocycles. The van der Waals surface area contributed by atoms with Crippen molar-refractivity contribution in [2.75, 3.05) is 27.9 Å². The zero-order chi connectivity index (χ0) is 24.2. The van der Waals surface area contributed by atoms with Crippen LogP contribution in [-0.4, -0.2) is 50.0 Å². The number of fused-ring (bicyclic) bond motifs is 1. The van der Waals surface area contributed by atoms with Gasteiger partial charge in [-0.2, -0.15) is 5.10 Å². The lowest BCUT2D eigenvalue weighted by molar-refractivity contribution is -0.119. The first-order valence-electron chi connectivity index (χ1n) is 10.3. The minimum Gasteiger partial charge on any atom is -0.496 e. The maximum Gasteiger partial charge on any atom is 0.356 e. The van der Waals surface area contributed by atoms with Gasteiger partial charge in [0.05, 0.1) is 26.9 Å². The number of amides is 1. The molecule has 9 heteroatoms. The molecule has 3 aromatic carbocycles. The van der Waals surface area contributed by atoms with Crippen molar-refractivity contribution in [3.05, 3.63) is 60.3 Å². The molecule has 0 saturated carbocycles. The Morgan fingerprint density at radius 2 is 1.56 bits per heavy atom. The average Bonchev–Trinajstić information content (AvgIpc) is 3.29. The summed E-state index contributed by atoms with van der Waals surface area (Å²) in [6, 6.07) is 16.5. The van der Waals surface area contributed by atoms with Crippen LogP contribution in [0.15, 0.2) is 54.6 Å². The average molecular weight is 461 g/mol. The summed E-state index contributed by atoms with van der Waals surface area (Å²) in [4.78, 5) is 24.3. The summed E-state index contributed by atoms with van der Waals surface area (Å²) in [6.07, 6.45) is 0. The van der Waals surface area contributed by atoms with E-state index in [-0.39, 0.29) is 12.3 Å². The van der Waals surface area contributed by atoms with E-state index in [1.165, 1.54) is 21.3 Å². The van der Waals surface area contributed by atoms with Crippen LogP contribution in [0, 0.1) is 0 Å². The lowest BCUT2D eigenvalue weighted by atomic mass is 9.92. The molecule has 34 heavy (non-hydrogen) atoms. The van der Waals surface area contributed by atoms with Gasteiger partial charge in [-0.05, 0) is 29.0 Å². The second kappa shape index (κ2) is 9.53. The molecule has 0 atom stereocenters. The number of primary amides is 1. The van der Waals surface area contributed by atoms with E-state index < -0.39 is 11.9 Å². The van der Waals surface area contributed by atoms with Crippen LogP contribution in [-0.2, 0) is 9.53 Å². The van der Waals surface area contributed by atoms with Crippen molar-refractivity contribution in [2.45, 2.75) is 0 Å². The summed E-state index contributed by atoms with van der Waals surface area (Å²) in [6.45, 7) is -0.343. The number of aromatic amines is 1. The summed E-state index contributed by atoms with van der Waals surface area (Å²) in [5.74, 6) is 0.0633. The first-order valence-corrected chi connectivity index (χ1v) is 10.3. The lowest BCUT2D eigenvalue weighted by Crippen LogP contribution is -2.20. The van der Waals surface area contributed by atoms with Gasteiger partial charge in [0.1, 0.15) is 22.9 Å². The molecule has 4 rings (SSSR count).